The number of hydrogen-bond acceptors (Lipinski definition) is 9. The summed E-state index contributed by atoms with van der Waals surface area (Å²) in [4.78, 5) is 42.6. The highest BCUT2D eigenvalue weighted by Crippen LogP contribution is 2.16. The van der Waals surface area contributed by atoms with E-state index in [1.54, 1.807) is 30.5 Å². The van der Waals surface area contributed by atoms with E-state index >= 15 is 0 Å². The average Bonchev–Trinajstić information content (AvgIpc) is 3.36. The van der Waals surface area contributed by atoms with Crippen LogP contribution in [0.15, 0.2) is 47.8 Å². The summed E-state index contributed by atoms with van der Waals surface area (Å²) in [6, 6.07) is 9.00. The summed E-state index contributed by atoms with van der Waals surface area (Å²) in [6.07, 6.45) is 5.18. The third-order valence-electron chi connectivity index (χ3n) is 5.46. The molecule has 2 aliphatic heterocycles. The normalized spacial score (nSPS) is 20.2. The summed E-state index contributed by atoms with van der Waals surface area (Å²) < 4.78 is 5.21. The first-order chi connectivity index (χ1) is 17.0. The SMILES string of the molecule is O=C(CC1CC=NO1)NC(CCCCNC1NC=CCN1)(NC(=O)OCc1ccccc1)C(=O)O. The molecule has 0 radical (unpaired) electrons. The number of alkyl carbamates (subject to hydrolysis) is 1. The molecule has 1 aromatic carbocycles. The minimum Gasteiger partial charge on any atom is -0.478 e. The van der Waals surface area contributed by atoms with Crippen molar-refractivity contribution >= 4 is 24.2 Å². The molecule has 3 rings (SSSR count). The van der Waals surface area contributed by atoms with Crippen LogP contribution in [0.1, 0.15) is 37.7 Å². The molecular weight excluding hydrogens is 456 g/mol. The Hall–Kier alpha value is -3.64. The average molecular weight is 489 g/mol. The highest BCUT2D eigenvalue weighted by molar-refractivity contribution is 5.90. The second kappa shape index (κ2) is 13.3. The predicted molar refractivity (Wildman–Crippen MR) is 127 cm³/mol. The van der Waals surface area contributed by atoms with Crippen LogP contribution in [-0.4, -0.2) is 60.4 Å². The summed E-state index contributed by atoms with van der Waals surface area (Å²) >= 11 is 0. The van der Waals surface area contributed by atoms with Crippen molar-refractivity contribution in [3.05, 3.63) is 48.2 Å². The van der Waals surface area contributed by atoms with E-state index < -0.39 is 29.7 Å². The Bertz CT molecular complexity index is 903. The standard InChI is InChI=1S/C23H32N6O6/c30-19(15-18-9-14-27-35-18)28-23(20(31)32,10-4-5-11-24-21-25-12-6-13-26-21)29-22(33)34-16-17-7-2-1-3-8-17/h1-3,6-8,12,14,18,21,24-26H,4-5,9-11,13,15-16H2,(H,28,30)(H,29,33)(H,31,32). The van der Waals surface area contributed by atoms with Crippen LogP contribution in [0.25, 0.3) is 0 Å². The van der Waals surface area contributed by atoms with E-state index in [1.807, 2.05) is 18.3 Å². The van der Waals surface area contributed by atoms with Gasteiger partial charge < -0.3 is 25.3 Å². The van der Waals surface area contributed by atoms with Gasteiger partial charge in [0.25, 0.3) is 0 Å². The Kier molecular flexibility index (Phi) is 9.87. The molecule has 12 nitrogen and oxygen atoms in total. The number of nitrogens with one attached hydrogen (secondary N) is 5. The minimum absolute atomic E-state index is 0.0381. The van der Waals surface area contributed by atoms with E-state index in [2.05, 4.69) is 31.7 Å². The summed E-state index contributed by atoms with van der Waals surface area (Å²) in [5.74, 6) is -1.97. The van der Waals surface area contributed by atoms with E-state index in [0.29, 0.717) is 25.8 Å². The van der Waals surface area contributed by atoms with Crippen LogP contribution in [0.2, 0.25) is 0 Å². The highest BCUT2D eigenvalue weighted by Gasteiger charge is 2.42. The fourth-order valence-electron chi connectivity index (χ4n) is 3.61. The number of carbonyl (C=O) groups excluding carboxylic acids is 2. The number of carboxylic acid groups (broad SMARTS) is 1. The van der Waals surface area contributed by atoms with Gasteiger partial charge in [-0.3, -0.25) is 20.7 Å². The number of aliphatic carboxylic acids is 1. The van der Waals surface area contributed by atoms with E-state index in [4.69, 9.17) is 9.57 Å². The van der Waals surface area contributed by atoms with Crippen molar-refractivity contribution in [2.24, 2.45) is 5.16 Å². The lowest BCUT2D eigenvalue weighted by Gasteiger charge is -2.31. The molecule has 0 bridgehead atoms. The monoisotopic (exact) mass is 488 g/mol. The fraction of sp³-hybridized carbons (Fsp3) is 0.478. The van der Waals surface area contributed by atoms with Crippen molar-refractivity contribution in [1.82, 2.24) is 26.6 Å². The molecule has 0 fully saturated rings. The number of hydrogen-bond donors (Lipinski definition) is 6. The van der Waals surface area contributed by atoms with Gasteiger partial charge in [-0.15, -0.1) is 0 Å². The van der Waals surface area contributed by atoms with Crippen LogP contribution < -0.4 is 26.6 Å². The van der Waals surface area contributed by atoms with Crippen molar-refractivity contribution in [2.75, 3.05) is 13.1 Å². The third kappa shape index (κ3) is 8.58. The maximum Gasteiger partial charge on any atom is 0.409 e. The van der Waals surface area contributed by atoms with Crippen LogP contribution in [0.4, 0.5) is 4.79 Å². The molecule has 3 unspecified atom stereocenters. The predicted octanol–water partition coefficient (Wildman–Crippen LogP) is 0.725. The Morgan fingerprint density at radius 2 is 2.03 bits per heavy atom. The molecule has 3 atom stereocenters. The summed E-state index contributed by atoms with van der Waals surface area (Å²) in [7, 11) is 0. The fourth-order valence-corrected chi connectivity index (χ4v) is 3.61. The number of rotatable bonds is 13. The smallest absolute Gasteiger partial charge is 0.409 e. The number of oxime groups is 1. The molecule has 2 amide bonds. The number of unbranched alkanes of at least 4 members (excludes halogenated alkanes) is 1. The van der Waals surface area contributed by atoms with Gasteiger partial charge in [-0.05, 0) is 31.1 Å². The largest absolute Gasteiger partial charge is 0.478 e. The first kappa shape index (κ1) is 26.0. The maximum absolute atomic E-state index is 12.6. The Morgan fingerprint density at radius 1 is 1.20 bits per heavy atom. The molecule has 0 aliphatic carbocycles. The molecular formula is C23H32N6O6. The van der Waals surface area contributed by atoms with Crippen LogP contribution in [-0.2, 0) is 25.8 Å². The summed E-state index contributed by atoms with van der Waals surface area (Å²) in [5.41, 5.74) is -1.29. The van der Waals surface area contributed by atoms with E-state index in [1.165, 1.54) is 0 Å². The molecule has 1 aromatic rings. The summed E-state index contributed by atoms with van der Waals surface area (Å²) in [5, 5.41) is 28.1. The van der Waals surface area contributed by atoms with Gasteiger partial charge in [0.2, 0.25) is 11.6 Å². The van der Waals surface area contributed by atoms with Crippen molar-refractivity contribution in [2.45, 2.75) is 56.8 Å². The first-order valence-corrected chi connectivity index (χ1v) is 11.6. The number of carboxylic acids is 1. The maximum atomic E-state index is 12.6. The number of ether oxygens (including phenoxy) is 1. The molecule has 6 N–H and O–H groups in total. The molecule has 35 heavy (non-hydrogen) atoms. The van der Waals surface area contributed by atoms with Gasteiger partial charge in [0.05, 0.1) is 6.42 Å². The quantitative estimate of drug-likeness (QED) is 0.174. The molecule has 0 saturated carbocycles. The lowest BCUT2D eigenvalue weighted by atomic mass is 10.0. The van der Waals surface area contributed by atoms with E-state index in [-0.39, 0.29) is 25.7 Å². The van der Waals surface area contributed by atoms with Crippen molar-refractivity contribution in [3.8, 4) is 0 Å². The lowest BCUT2D eigenvalue weighted by Crippen LogP contribution is -2.65. The number of amides is 2. The highest BCUT2D eigenvalue weighted by atomic mass is 16.6. The second-order valence-electron chi connectivity index (χ2n) is 8.22. The van der Waals surface area contributed by atoms with E-state index in [9.17, 15) is 19.5 Å². The minimum atomic E-state index is -2.03. The first-order valence-electron chi connectivity index (χ1n) is 11.6. The third-order valence-corrected chi connectivity index (χ3v) is 5.46. The van der Waals surface area contributed by atoms with Crippen LogP contribution in [0.5, 0.6) is 0 Å². The summed E-state index contributed by atoms with van der Waals surface area (Å²) in [6.45, 7) is 1.29. The topological polar surface area (TPSA) is 162 Å². The van der Waals surface area contributed by atoms with Gasteiger partial charge in [0.1, 0.15) is 19.0 Å². The van der Waals surface area contributed by atoms with Crippen molar-refractivity contribution in [1.29, 1.82) is 0 Å². The van der Waals surface area contributed by atoms with Crippen LogP contribution in [0, 0.1) is 0 Å². The molecule has 0 saturated heterocycles. The molecule has 2 aliphatic rings. The Balaban J connectivity index is 1.57. The zero-order chi connectivity index (χ0) is 24.9. The van der Waals surface area contributed by atoms with Gasteiger partial charge in [-0.2, -0.15) is 0 Å². The molecule has 12 heteroatoms. The molecule has 0 spiro atoms. The van der Waals surface area contributed by atoms with Crippen molar-refractivity contribution in [3.63, 3.8) is 0 Å². The van der Waals surface area contributed by atoms with Gasteiger partial charge >= 0.3 is 12.1 Å². The van der Waals surface area contributed by atoms with E-state index in [0.717, 1.165) is 12.1 Å². The Labute approximate surface area is 203 Å². The van der Waals surface area contributed by atoms with Crippen LogP contribution in [0.3, 0.4) is 0 Å². The number of benzene rings is 1. The van der Waals surface area contributed by atoms with Gasteiger partial charge in [-0.25, -0.2) is 9.59 Å². The molecule has 2 heterocycles. The van der Waals surface area contributed by atoms with Gasteiger partial charge in [-0.1, -0.05) is 41.6 Å². The molecule has 0 aromatic heterocycles. The number of nitrogens with zero attached hydrogens (tertiary/aromatic N) is 1. The zero-order valence-corrected chi connectivity index (χ0v) is 19.4. The number of carbonyl (C=O) groups is 3. The van der Waals surface area contributed by atoms with Gasteiger partial charge in [0.15, 0.2) is 0 Å². The van der Waals surface area contributed by atoms with Crippen LogP contribution >= 0.6 is 0 Å². The van der Waals surface area contributed by atoms with Crippen molar-refractivity contribution < 1.29 is 29.1 Å². The lowest BCUT2D eigenvalue weighted by molar-refractivity contribution is -0.150. The molecule has 190 valence electrons. The van der Waals surface area contributed by atoms with Gasteiger partial charge in [0, 0.05) is 25.6 Å². The second-order valence-corrected chi connectivity index (χ2v) is 8.22. The zero-order valence-electron chi connectivity index (χ0n) is 19.4. The Morgan fingerprint density at radius 3 is 2.71 bits per heavy atom.